The summed E-state index contributed by atoms with van der Waals surface area (Å²) in [6, 6.07) is 0. The second kappa shape index (κ2) is 8.83. The molecule has 0 aliphatic heterocycles. The molecule has 1 amide bonds. The zero-order valence-electron chi connectivity index (χ0n) is 14.6. The summed E-state index contributed by atoms with van der Waals surface area (Å²) in [5.74, 6) is 0.0550. The maximum atomic E-state index is 13.1. The number of hydrogen-bond donors (Lipinski definition) is 2. The minimum atomic E-state index is -0.131. The number of hydrogen-bond acceptors (Lipinski definition) is 6. The van der Waals surface area contributed by atoms with Crippen molar-refractivity contribution in [1.29, 1.82) is 0 Å². The van der Waals surface area contributed by atoms with Crippen LogP contribution in [0.3, 0.4) is 0 Å². The number of amides is 1. The normalized spacial score (nSPS) is 13.6. The van der Waals surface area contributed by atoms with Crippen LogP contribution in [0.1, 0.15) is 29.7 Å². The fourth-order valence-electron chi connectivity index (χ4n) is 3.11. The van der Waals surface area contributed by atoms with Crippen molar-refractivity contribution in [1.82, 2.24) is 14.9 Å². The Hall–Kier alpha value is -1.64. The Morgan fingerprint density at radius 3 is 3.00 bits per heavy atom. The first kappa shape index (κ1) is 19.1. The van der Waals surface area contributed by atoms with E-state index in [-0.39, 0.29) is 23.8 Å². The predicted molar refractivity (Wildman–Crippen MR) is 106 cm³/mol. The van der Waals surface area contributed by atoms with Crippen LogP contribution in [-0.2, 0) is 24.2 Å². The van der Waals surface area contributed by atoms with Crippen LogP contribution in [0.15, 0.2) is 22.6 Å². The largest absolute Gasteiger partial charge is 0.396 e. The van der Waals surface area contributed by atoms with Gasteiger partial charge in [0.2, 0.25) is 5.91 Å². The number of nitrogens with one attached hydrogen (secondary N) is 1. The van der Waals surface area contributed by atoms with Gasteiger partial charge < -0.3 is 10.4 Å². The first-order chi connectivity index (χ1) is 12.7. The molecule has 2 aromatic heterocycles. The molecular formula is C18H23N3O3S2. The van der Waals surface area contributed by atoms with Crippen LogP contribution < -0.4 is 10.9 Å². The smallest absolute Gasteiger partial charge is 0.263 e. The lowest BCUT2D eigenvalue weighted by atomic mass is 9.97. The molecular weight excluding hydrogens is 370 g/mol. The van der Waals surface area contributed by atoms with Crippen molar-refractivity contribution in [3.8, 4) is 0 Å². The van der Waals surface area contributed by atoms with E-state index in [9.17, 15) is 9.59 Å². The van der Waals surface area contributed by atoms with Crippen LogP contribution in [0.25, 0.3) is 10.2 Å². The van der Waals surface area contributed by atoms with E-state index in [1.54, 1.807) is 22.0 Å². The van der Waals surface area contributed by atoms with Crippen LogP contribution in [-0.4, -0.2) is 39.5 Å². The van der Waals surface area contributed by atoms with Crippen LogP contribution in [0.5, 0.6) is 0 Å². The lowest BCUT2D eigenvalue weighted by Crippen LogP contribution is -2.28. The highest BCUT2D eigenvalue weighted by Crippen LogP contribution is 2.34. The number of carbonyl (C=O) groups is 1. The van der Waals surface area contributed by atoms with E-state index in [1.165, 1.54) is 22.2 Å². The summed E-state index contributed by atoms with van der Waals surface area (Å²) in [6.45, 7) is 4.61. The lowest BCUT2D eigenvalue weighted by Gasteiger charge is -2.12. The minimum Gasteiger partial charge on any atom is -0.396 e. The summed E-state index contributed by atoms with van der Waals surface area (Å²) in [5.41, 5.74) is 1.14. The van der Waals surface area contributed by atoms with Crippen molar-refractivity contribution in [2.45, 2.75) is 43.8 Å². The number of aryl methyl sites for hydroxylation is 2. The van der Waals surface area contributed by atoms with Crippen LogP contribution in [0.2, 0.25) is 0 Å². The molecule has 2 N–H and O–H groups in total. The number of thiophene rings is 1. The van der Waals surface area contributed by atoms with E-state index in [0.717, 1.165) is 35.9 Å². The second-order valence-electron chi connectivity index (χ2n) is 6.21. The molecule has 2 heterocycles. The Balaban J connectivity index is 1.89. The highest BCUT2D eigenvalue weighted by molar-refractivity contribution is 7.99. The Morgan fingerprint density at radius 1 is 1.42 bits per heavy atom. The SMILES string of the molecule is C=CCn1c(SCC(=O)NCCCO)nc2sc3c(c2c1=O)CCCC3. The average molecular weight is 394 g/mol. The van der Waals surface area contributed by atoms with Crippen LogP contribution >= 0.6 is 23.1 Å². The number of aromatic nitrogens is 2. The maximum Gasteiger partial charge on any atom is 0.263 e. The van der Waals surface area contributed by atoms with E-state index in [4.69, 9.17) is 10.1 Å². The molecule has 0 aromatic carbocycles. The van der Waals surface area contributed by atoms with Crippen LogP contribution in [0, 0.1) is 0 Å². The molecule has 0 spiro atoms. The van der Waals surface area contributed by atoms with Gasteiger partial charge in [-0.15, -0.1) is 17.9 Å². The fraction of sp³-hybridized carbons (Fsp3) is 0.500. The van der Waals surface area contributed by atoms with Crippen LogP contribution in [0.4, 0.5) is 0 Å². The Morgan fingerprint density at radius 2 is 2.23 bits per heavy atom. The molecule has 140 valence electrons. The van der Waals surface area contributed by atoms with Crippen molar-refractivity contribution in [2.24, 2.45) is 0 Å². The van der Waals surface area contributed by atoms with Crippen molar-refractivity contribution in [2.75, 3.05) is 18.9 Å². The van der Waals surface area contributed by atoms with E-state index >= 15 is 0 Å². The third-order valence-corrected chi connectivity index (χ3v) is 6.50. The third-order valence-electron chi connectivity index (χ3n) is 4.34. The van der Waals surface area contributed by atoms with Gasteiger partial charge in [0.1, 0.15) is 4.83 Å². The zero-order valence-corrected chi connectivity index (χ0v) is 16.3. The number of thioether (sulfide) groups is 1. The summed E-state index contributed by atoms with van der Waals surface area (Å²) in [4.78, 5) is 31.8. The summed E-state index contributed by atoms with van der Waals surface area (Å²) in [7, 11) is 0. The van der Waals surface area contributed by atoms with E-state index < -0.39 is 0 Å². The number of carbonyl (C=O) groups excluding carboxylic acids is 1. The molecule has 0 fully saturated rings. The van der Waals surface area contributed by atoms with Gasteiger partial charge >= 0.3 is 0 Å². The number of nitrogens with zero attached hydrogens (tertiary/aromatic N) is 2. The minimum absolute atomic E-state index is 0.0301. The number of allylic oxidation sites excluding steroid dienone is 1. The van der Waals surface area contributed by atoms with Gasteiger partial charge in [0.25, 0.3) is 5.56 Å². The van der Waals surface area contributed by atoms with Crippen molar-refractivity contribution < 1.29 is 9.90 Å². The number of fused-ring (bicyclic) bond motifs is 3. The van der Waals surface area contributed by atoms with Gasteiger partial charge in [-0.25, -0.2) is 4.98 Å². The molecule has 6 nitrogen and oxygen atoms in total. The molecule has 1 aliphatic rings. The van der Waals surface area contributed by atoms with Gasteiger partial charge in [-0.2, -0.15) is 0 Å². The molecule has 0 saturated heterocycles. The topological polar surface area (TPSA) is 84.2 Å². The molecule has 3 rings (SSSR count). The summed E-state index contributed by atoms with van der Waals surface area (Å²) in [5, 5.41) is 12.8. The Bertz CT molecular complexity index is 873. The lowest BCUT2D eigenvalue weighted by molar-refractivity contribution is -0.118. The van der Waals surface area contributed by atoms with Gasteiger partial charge in [0.05, 0.1) is 11.1 Å². The van der Waals surface area contributed by atoms with Crippen molar-refractivity contribution in [3.05, 3.63) is 33.4 Å². The summed E-state index contributed by atoms with van der Waals surface area (Å²) in [6.07, 6.45) is 6.45. The molecule has 2 aromatic rings. The Labute approximate surface area is 160 Å². The maximum absolute atomic E-state index is 13.1. The predicted octanol–water partition coefficient (Wildman–Crippen LogP) is 2.11. The first-order valence-corrected chi connectivity index (χ1v) is 10.6. The highest BCUT2D eigenvalue weighted by Gasteiger charge is 2.22. The molecule has 8 heteroatoms. The molecule has 0 saturated carbocycles. The van der Waals surface area contributed by atoms with Gasteiger partial charge in [0.15, 0.2) is 5.16 Å². The summed E-state index contributed by atoms with van der Waals surface area (Å²) < 4.78 is 1.61. The molecule has 26 heavy (non-hydrogen) atoms. The fourth-order valence-corrected chi connectivity index (χ4v) is 5.25. The van der Waals surface area contributed by atoms with Gasteiger partial charge in [-0.05, 0) is 37.7 Å². The third kappa shape index (κ3) is 4.02. The molecule has 0 radical (unpaired) electrons. The first-order valence-electron chi connectivity index (χ1n) is 8.82. The molecule has 0 unspecified atom stereocenters. The quantitative estimate of drug-likeness (QED) is 0.311. The standard InChI is InChI=1S/C18H23N3O3S2/c1-2-9-21-17(24)15-12-6-3-4-7-13(12)26-16(15)20-18(21)25-11-14(23)19-8-5-10-22/h2,22H,1,3-11H2,(H,19,23). The number of rotatable bonds is 8. The van der Waals surface area contributed by atoms with E-state index in [1.807, 2.05) is 0 Å². The summed E-state index contributed by atoms with van der Waals surface area (Å²) >= 11 is 2.88. The average Bonchev–Trinajstić information content (AvgIpc) is 3.01. The van der Waals surface area contributed by atoms with Crippen molar-refractivity contribution >= 4 is 39.2 Å². The molecule has 0 atom stereocenters. The number of aliphatic hydroxyl groups is 1. The molecule has 1 aliphatic carbocycles. The van der Waals surface area contributed by atoms with E-state index in [2.05, 4.69) is 11.9 Å². The monoisotopic (exact) mass is 393 g/mol. The second-order valence-corrected chi connectivity index (χ2v) is 8.23. The number of aliphatic hydroxyl groups excluding tert-OH is 1. The Kier molecular flexibility index (Phi) is 6.50. The van der Waals surface area contributed by atoms with Crippen molar-refractivity contribution in [3.63, 3.8) is 0 Å². The van der Waals surface area contributed by atoms with Gasteiger partial charge in [-0.1, -0.05) is 17.8 Å². The highest BCUT2D eigenvalue weighted by atomic mass is 32.2. The molecule has 0 bridgehead atoms. The zero-order chi connectivity index (χ0) is 18.5. The van der Waals surface area contributed by atoms with Gasteiger partial charge in [-0.3, -0.25) is 14.2 Å². The van der Waals surface area contributed by atoms with Gasteiger partial charge in [0, 0.05) is 24.6 Å². The van der Waals surface area contributed by atoms with E-state index in [0.29, 0.717) is 24.7 Å².